The van der Waals surface area contributed by atoms with E-state index in [4.69, 9.17) is 4.42 Å². The highest BCUT2D eigenvalue weighted by Gasteiger charge is 2.24. The number of aryl methyl sites for hydroxylation is 6. The van der Waals surface area contributed by atoms with E-state index in [1.807, 2.05) is 41.9 Å². The summed E-state index contributed by atoms with van der Waals surface area (Å²) in [6.07, 6.45) is 0. The summed E-state index contributed by atoms with van der Waals surface area (Å²) in [4.78, 5) is 1.37. The van der Waals surface area contributed by atoms with Gasteiger partial charge in [0.2, 0.25) is 5.71 Å². The summed E-state index contributed by atoms with van der Waals surface area (Å²) in [6, 6.07) is 149. The molecule has 10 nitrogen and oxygen atoms in total. The average molecular weight is 1740 g/mol. The molecular formula is C120H87N9OS2. The van der Waals surface area contributed by atoms with Crippen LogP contribution < -0.4 is 0 Å². The number of aromatic nitrogens is 9. The molecule has 0 atom stereocenters. The molecule has 0 amide bonds. The Kier molecular flexibility index (Phi) is 18.4. The van der Waals surface area contributed by atoms with Gasteiger partial charge in [0.25, 0.3) is 0 Å². The maximum absolute atomic E-state index is 5.93. The van der Waals surface area contributed by atoms with E-state index in [1.165, 1.54) is 232 Å². The van der Waals surface area contributed by atoms with Crippen LogP contribution in [0.15, 0.2) is 423 Å². The van der Waals surface area contributed by atoms with Crippen molar-refractivity contribution in [1.82, 2.24) is 41.1 Å². The van der Waals surface area contributed by atoms with Crippen molar-refractivity contribution in [2.24, 2.45) is 42.3 Å². The standard InChI is InChI=1S/2C25H18N2.C21H16N2.C19H13NS.C15H11NO.C15H11NS/c1-26-22-13-7-5-11-18(22)20-16-25-21(15-24(20)26)19-12-6-8-14-23(19)27(25)17-9-3-2-4-10-17;1-26-21-13-7-5-11-18(21)19-15-16-23-24(25(19)26)20-12-6-8-14-22(20)27(23)17-9-3-2-4-10-17;1-22-18-13-7-5-11-16(18)20-17-12-6-8-14-19(17)23(21(20)22)15-9-3-2-4-10-15;1-20-16-8-4-2-6-12(16)14-10-11-15-13-7-3-5-9-17(13)21-19(15)18(14)20;2*1-16-12-8-4-2-6-10(12)14-11-7-3-5-9-13(11)17-15(14)16/h2*2-16H,1H3;2-14H,1H3;2-11H,1H3;2*2-9H,1H3. The van der Waals surface area contributed by atoms with Crippen molar-refractivity contribution in [1.29, 1.82) is 0 Å². The smallest absolute Gasteiger partial charge is 0.208 e. The fourth-order valence-corrected chi connectivity index (χ4v) is 23.9. The summed E-state index contributed by atoms with van der Waals surface area (Å²) >= 11 is 3.78. The van der Waals surface area contributed by atoms with Gasteiger partial charge in [-0.05, 0) is 127 Å². The van der Waals surface area contributed by atoms with Crippen molar-refractivity contribution < 1.29 is 4.42 Å². The molecule has 0 saturated carbocycles. The maximum Gasteiger partial charge on any atom is 0.208 e. The van der Waals surface area contributed by atoms with E-state index in [-0.39, 0.29) is 0 Å². The first kappa shape index (κ1) is 77.9. The molecule has 0 bridgehead atoms. The minimum absolute atomic E-state index is 0.951. The Balaban J connectivity index is 0.0000000858. The fourth-order valence-electron chi connectivity index (χ4n) is 21.5. The fraction of sp³-hybridized carbons (Fsp3) is 0.0500. The first-order valence-electron chi connectivity index (χ1n) is 45.0. The van der Waals surface area contributed by atoms with Crippen LogP contribution >= 0.6 is 22.7 Å². The quantitative estimate of drug-likeness (QED) is 0.174. The highest BCUT2D eigenvalue weighted by atomic mass is 32.1. The van der Waals surface area contributed by atoms with Crippen LogP contribution in [0, 0.1) is 0 Å². The van der Waals surface area contributed by atoms with E-state index >= 15 is 0 Å². The van der Waals surface area contributed by atoms with Crippen molar-refractivity contribution in [3.63, 3.8) is 0 Å². The molecule has 630 valence electrons. The first-order valence-corrected chi connectivity index (χ1v) is 46.6. The van der Waals surface area contributed by atoms with Gasteiger partial charge in [0.15, 0.2) is 0 Å². The normalized spacial score (nSPS) is 11.9. The zero-order valence-corrected chi connectivity index (χ0v) is 75.2. The second-order valence-electron chi connectivity index (χ2n) is 34.5. The number of para-hydroxylation sites is 13. The summed E-state index contributed by atoms with van der Waals surface area (Å²) in [5.41, 5.74) is 24.6. The van der Waals surface area contributed by atoms with Gasteiger partial charge < -0.3 is 41.0 Å². The SMILES string of the molecule is Cn1c2ccccc2c2c3ccccc3n(-c3ccccc3)c21.Cn1c2ccccc2c2c3ccccc3oc21.Cn1c2ccccc2c2c3ccccc3sc21.Cn1c2ccccc2c2cc3c(cc21)c1ccccc1n3-c1ccccc1.Cn1c2ccccc2c2ccc3c(c4ccccc4n3-c3ccccc3)c21.Cn1c2ccccc2c2ccc3c4ccccc4sc3c21. The second-order valence-corrected chi connectivity index (χ2v) is 36.5. The van der Waals surface area contributed by atoms with E-state index in [0.29, 0.717) is 0 Å². The molecule has 0 radical (unpaired) electrons. The number of nitrogens with zero attached hydrogens (tertiary/aromatic N) is 9. The van der Waals surface area contributed by atoms with E-state index in [2.05, 4.69) is 483 Å². The zero-order valence-electron chi connectivity index (χ0n) is 73.6. The van der Waals surface area contributed by atoms with Gasteiger partial charge in [0.1, 0.15) is 16.1 Å². The van der Waals surface area contributed by atoms with Crippen LogP contribution in [0.2, 0.25) is 0 Å². The molecule has 0 saturated heterocycles. The van der Waals surface area contributed by atoms with E-state index in [9.17, 15) is 0 Å². The van der Waals surface area contributed by atoms with Gasteiger partial charge in [-0.2, -0.15) is 0 Å². The lowest BCUT2D eigenvalue weighted by molar-refractivity contribution is 0.634. The summed E-state index contributed by atoms with van der Waals surface area (Å²) in [6.45, 7) is 0. The number of thiophene rings is 2. The Morgan fingerprint density at radius 3 is 1.11 bits per heavy atom. The van der Waals surface area contributed by atoms with Gasteiger partial charge in [0, 0.05) is 204 Å². The molecule has 0 aliphatic carbocycles. The predicted molar refractivity (Wildman–Crippen MR) is 566 cm³/mol. The molecule has 12 heterocycles. The molecule has 0 fully saturated rings. The van der Waals surface area contributed by atoms with Gasteiger partial charge in [0.05, 0.1) is 59.7 Å². The summed E-state index contributed by atoms with van der Waals surface area (Å²) in [7, 11) is 12.9. The Morgan fingerprint density at radius 2 is 0.538 bits per heavy atom. The molecule has 0 N–H and O–H groups in total. The monoisotopic (exact) mass is 1730 g/mol. The van der Waals surface area contributed by atoms with Gasteiger partial charge >= 0.3 is 0 Å². The zero-order chi connectivity index (χ0) is 88.1. The number of furan rings is 1. The van der Waals surface area contributed by atoms with Crippen molar-refractivity contribution >= 4 is 249 Å². The van der Waals surface area contributed by atoms with Crippen LogP contribution in [0.4, 0.5) is 0 Å². The Morgan fingerprint density at radius 1 is 0.189 bits per heavy atom. The molecule has 30 rings (SSSR count). The van der Waals surface area contributed by atoms with Gasteiger partial charge in [-0.3, -0.25) is 4.57 Å². The van der Waals surface area contributed by atoms with Crippen LogP contribution in [0.5, 0.6) is 0 Å². The highest BCUT2D eigenvalue weighted by Crippen LogP contribution is 2.47. The first-order chi connectivity index (χ1) is 65.1. The molecule has 0 aliphatic rings. The van der Waals surface area contributed by atoms with E-state index in [0.717, 1.165) is 11.3 Å². The highest BCUT2D eigenvalue weighted by molar-refractivity contribution is 7.26. The molecule has 30 aromatic rings. The molecule has 132 heavy (non-hydrogen) atoms. The number of rotatable bonds is 3. The number of benzene rings is 18. The molecule has 12 aromatic heterocycles. The number of fused-ring (bicyclic) bond motifs is 35. The largest absolute Gasteiger partial charge is 0.439 e. The predicted octanol–water partition coefficient (Wildman–Crippen LogP) is 32.5. The van der Waals surface area contributed by atoms with E-state index < -0.39 is 0 Å². The number of hydrogen-bond donors (Lipinski definition) is 0. The van der Waals surface area contributed by atoms with Crippen LogP contribution in [0.25, 0.3) is 243 Å². The summed E-state index contributed by atoms with van der Waals surface area (Å²) in [5, 5.41) is 27.7. The Hall–Kier alpha value is -16.4. The van der Waals surface area contributed by atoms with Crippen LogP contribution in [-0.4, -0.2) is 41.1 Å². The van der Waals surface area contributed by atoms with Crippen LogP contribution in [-0.2, 0) is 42.3 Å². The third-order valence-corrected chi connectivity index (χ3v) is 29.8. The lowest BCUT2D eigenvalue weighted by Gasteiger charge is -2.09. The molecule has 0 unspecified atom stereocenters. The second kappa shape index (κ2) is 31.2. The van der Waals surface area contributed by atoms with Crippen LogP contribution in [0.1, 0.15) is 0 Å². The summed E-state index contributed by atoms with van der Waals surface area (Å²) in [5.74, 6) is 0. The van der Waals surface area contributed by atoms with Crippen molar-refractivity contribution in [2.75, 3.05) is 0 Å². The Labute approximate surface area is 766 Å². The van der Waals surface area contributed by atoms with E-state index in [1.54, 1.807) is 0 Å². The third kappa shape index (κ3) is 12.1. The van der Waals surface area contributed by atoms with Gasteiger partial charge in [-0.15, -0.1) is 22.7 Å². The minimum atomic E-state index is 0.951. The minimum Gasteiger partial charge on any atom is -0.439 e. The lowest BCUT2D eigenvalue weighted by atomic mass is 10.1. The van der Waals surface area contributed by atoms with Gasteiger partial charge in [-0.25, -0.2) is 0 Å². The average Bonchev–Trinajstić information content (AvgIpc) is 1.55. The summed E-state index contributed by atoms with van der Waals surface area (Å²) < 4.78 is 30.9. The molecule has 12 heteroatoms. The molecular weight excluding hydrogens is 1650 g/mol. The Bertz CT molecular complexity index is 9690. The molecule has 0 aliphatic heterocycles. The lowest BCUT2D eigenvalue weighted by Crippen LogP contribution is -1.98. The molecule has 18 aromatic carbocycles. The third-order valence-electron chi connectivity index (χ3n) is 27.4. The number of hydrogen-bond acceptors (Lipinski definition) is 3. The maximum atomic E-state index is 5.93. The van der Waals surface area contributed by atoms with Crippen molar-refractivity contribution in [3.05, 3.63) is 419 Å². The topological polar surface area (TPSA) is 57.5 Å². The van der Waals surface area contributed by atoms with Crippen molar-refractivity contribution in [3.8, 4) is 17.1 Å². The molecule has 0 spiro atoms. The van der Waals surface area contributed by atoms with Crippen molar-refractivity contribution in [2.45, 2.75) is 0 Å². The van der Waals surface area contributed by atoms with Crippen LogP contribution in [0.3, 0.4) is 0 Å². The van der Waals surface area contributed by atoms with Gasteiger partial charge in [-0.1, -0.05) is 291 Å².